The van der Waals surface area contributed by atoms with Crippen LogP contribution in [0.15, 0.2) is 42.5 Å². The van der Waals surface area contributed by atoms with Crippen LogP contribution in [0.3, 0.4) is 0 Å². The van der Waals surface area contributed by atoms with Crippen LogP contribution in [0.4, 0.5) is 20.2 Å². The number of rotatable bonds is 4. The Kier molecular flexibility index (Phi) is 3.49. The Bertz CT molecular complexity index is 824. The Morgan fingerprint density at radius 1 is 1.17 bits per heavy atom. The topological polar surface area (TPSA) is 29.5 Å². The van der Waals surface area contributed by atoms with Crippen LogP contribution in [-0.4, -0.2) is 18.4 Å². The molecule has 1 aliphatic heterocycles. The highest BCUT2D eigenvalue weighted by Crippen LogP contribution is 2.49. The molecule has 0 saturated heterocycles. The van der Waals surface area contributed by atoms with E-state index < -0.39 is 11.8 Å². The SMILES string of the molecule is O=C1Cc2ccccc2N1c1cccc(OCC2CC2(F)F)c1Cl. The first-order chi connectivity index (χ1) is 11.5. The molecule has 1 saturated carbocycles. The number of alkyl halides is 2. The number of benzene rings is 2. The second-order valence-electron chi connectivity index (χ2n) is 6.10. The van der Waals surface area contributed by atoms with Crippen molar-refractivity contribution < 1.29 is 18.3 Å². The molecule has 0 N–H and O–H groups in total. The molecule has 1 unspecified atom stereocenters. The molecule has 1 atom stereocenters. The maximum absolute atomic E-state index is 13.0. The Labute approximate surface area is 142 Å². The lowest BCUT2D eigenvalue weighted by molar-refractivity contribution is -0.116. The van der Waals surface area contributed by atoms with E-state index in [9.17, 15) is 13.6 Å². The van der Waals surface area contributed by atoms with Crippen molar-refractivity contribution in [3.63, 3.8) is 0 Å². The predicted molar refractivity (Wildman–Crippen MR) is 87.3 cm³/mol. The van der Waals surface area contributed by atoms with Gasteiger partial charge in [-0.3, -0.25) is 9.69 Å². The molecule has 0 radical (unpaired) electrons. The maximum atomic E-state index is 13.0. The zero-order valence-corrected chi connectivity index (χ0v) is 13.4. The zero-order valence-electron chi connectivity index (χ0n) is 12.6. The summed E-state index contributed by atoms with van der Waals surface area (Å²) in [6.07, 6.45) is 0.161. The number of hydrogen-bond donors (Lipinski definition) is 0. The van der Waals surface area contributed by atoms with E-state index in [4.69, 9.17) is 16.3 Å². The highest BCUT2D eigenvalue weighted by Gasteiger charge is 2.57. The van der Waals surface area contributed by atoms with E-state index in [0.29, 0.717) is 17.9 Å². The third-order valence-corrected chi connectivity index (χ3v) is 4.78. The number of nitrogens with zero attached hydrogens (tertiary/aromatic N) is 1. The van der Waals surface area contributed by atoms with E-state index in [2.05, 4.69) is 0 Å². The fourth-order valence-corrected chi connectivity index (χ4v) is 3.21. The normalized spacial score (nSPS) is 20.9. The molecule has 2 aliphatic rings. The molecule has 124 valence electrons. The van der Waals surface area contributed by atoms with Gasteiger partial charge in [0.2, 0.25) is 5.91 Å². The predicted octanol–water partition coefficient (Wildman–Crippen LogP) is 4.59. The van der Waals surface area contributed by atoms with Gasteiger partial charge in [0.1, 0.15) is 10.8 Å². The van der Waals surface area contributed by atoms with Gasteiger partial charge in [-0.15, -0.1) is 0 Å². The van der Waals surface area contributed by atoms with Crippen LogP contribution >= 0.6 is 11.6 Å². The van der Waals surface area contributed by atoms with Gasteiger partial charge in [-0.1, -0.05) is 35.9 Å². The average Bonchev–Trinajstić information content (AvgIpc) is 3.02. The number of carbonyl (C=O) groups is 1. The first-order valence-electron chi connectivity index (χ1n) is 7.67. The largest absolute Gasteiger partial charge is 0.491 e. The van der Waals surface area contributed by atoms with Crippen molar-refractivity contribution in [1.29, 1.82) is 0 Å². The summed E-state index contributed by atoms with van der Waals surface area (Å²) in [7, 11) is 0. The van der Waals surface area contributed by atoms with Crippen LogP contribution in [0, 0.1) is 5.92 Å². The number of para-hydroxylation sites is 1. The lowest BCUT2D eigenvalue weighted by Gasteiger charge is -2.20. The van der Waals surface area contributed by atoms with E-state index in [1.807, 2.05) is 24.3 Å². The van der Waals surface area contributed by atoms with Gasteiger partial charge in [0, 0.05) is 6.42 Å². The average molecular weight is 350 g/mol. The van der Waals surface area contributed by atoms with E-state index in [0.717, 1.165) is 11.3 Å². The molecule has 0 bridgehead atoms. The first kappa shape index (κ1) is 15.4. The number of carbonyl (C=O) groups excluding carboxylic acids is 1. The van der Waals surface area contributed by atoms with Gasteiger partial charge < -0.3 is 4.74 Å². The molecule has 6 heteroatoms. The van der Waals surface area contributed by atoms with Crippen molar-refractivity contribution in [3.8, 4) is 5.75 Å². The number of halogens is 3. The third kappa shape index (κ3) is 2.53. The fourth-order valence-electron chi connectivity index (χ4n) is 2.94. The molecule has 0 aromatic heterocycles. The maximum Gasteiger partial charge on any atom is 0.255 e. The number of amides is 1. The quantitative estimate of drug-likeness (QED) is 0.807. The monoisotopic (exact) mass is 349 g/mol. The molecule has 24 heavy (non-hydrogen) atoms. The van der Waals surface area contributed by atoms with Crippen LogP contribution in [0.1, 0.15) is 12.0 Å². The first-order valence-corrected chi connectivity index (χ1v) is 8.05. The molecule has 1 fully saturated rings. The van der Waals surface area contributed by atoms with Gasteiger partial charge in [-0.2, -0.15) is 0 Å². The van der Waals surface area contributed by atoms with Gasteiger partial charge in [0.15, 0.2) is 0 Å². The smallest absolute Gasteiger partial charge is 0.255 e. The lowest BCUT2D eigenvalue weighted by atomic mass is 10.2. The Morgan fingerprint density at radius 2 is 1.88 bits per heavy atom. The number of fused-ring (bicyclic) bond motifs is 1. The second-order valence-corrected chi connectivity index (χ2v) is 6.47. The summed E-state index contributed by atoms with van der Waals surface area (Å²) < 4.78 is 31.4. The van der Waals surface area contributed by atoms with E-state index in [1.54, 1.807) is 23.1 Å². The highest BCUT2D eigenvalue weighted by atomic mass is 35.5. The molecule has 2 aromatic rings. The standard InChI is InChI=1S/C18H14ClF2NO2/c19-17-14(22-13-5-2-1-4-11(13)8-16(22)23)6-3-7-15(17)24-10-12-9-18(12,20)21/h1-7,12H,8-10H2. The summed E-state index contributed by atoms with van der Waals surface area (Å²) in [5.41, 5.74) is 2.23. The minimum Gasteiger partial charge on any atom is -0.491 e. The van der Waals surface area contributed by atoms with Crippen molar-refractivity contribution in [2.45, 2.75) is 18.8 Å². The Hall–Kier alpha value is -2.14. The minimum atomic E-state index is -2.63. The molecular weight excluding hydrogens is 336 g/mol. The summed E-state index contributed by atoms with van der Waals surface area (Å²) >= 11 is 6.39. The number of ether oxygens (including phenoxy) is 1. The number of hydrogen-bond acceptors (Lipinski definition) is 2. The van der Waals surface area contributed by atoms with Crippen molar-refractivity contribution in [2.75, 3.05) is 11.5 Å². The molecule has 2 aromatic carbocycles. The van der Waals surface area contributed by atoms with Crippen LogP contribution in [0.25, 0.3) is 0 Å². The summed E-state index contributed by atoms with van der Waals surface area (Å²) in [5.74, 6) is -3.15. The third-order valence-electron chi connectivity index (χ3n) is 4.40. The Balaban J connectivity index is 1.62. The lowest BCUT2D eigenvalue weighted by Crippen LogP contribution is -2.21. The molecule has 1 aliphatic carbocycles. The van der Waals surface area contributed by atoms with Crippen molar-refractivity contribution in [3.05, 3.63) is 53.1 Å². The van der Waals surface area contributed by atoms with Gasteiger partial charge in [-0.05, 0) is 23.8 Å². The molecule has 3 nitrogen and oxygen atoms in total. The van der Waals surface area contributed by atoms with Gasteiger partial charge in [0.05, 0.1) is 30.3 Å². The summed E-state index contributed by atoms with van der Waals surface area (Å²) in [6.45, 7) is -0.0826. The highest BCUT2D eigenvalue weighted by molar-refractivity contribution is 6.35. The van der Waals surface area contributed by atoms with Crippen LogP contribution in [0.5, 0.6) is 5.75 Å². The van der Waals surface area contributed by atoms with Crippen molar-refractivity contribution >= 4 is 28.9 Å². The minimum absolute atomic E-state index is 0.0797. The van der Waals surface area contributed by atoms with Gasteiger partial charge >= 0.3 is 0 Å². The van der Waals surface area contributed by atoms with E-state index in [-0.39, 0.29) is 24.0 Å². The van der Waals surface area contributed by atoms with E-state index in [1.165, 1.54) is 0 Å². The van der Waals surface area contributed by atoms with Gasteiger partial charge in [-0.25, -0.2) is 8.78 Å². The van der Waals surface area contributed by atoms with Crippen LogP contribution in [-0.2, 0) is 11.2 Å². The zero-order chi connectivity index (χ0) is 16.9. The molecule has 1 amide bonds. The summed E-state index contributed by atoms with van der Waals surface area (Å²) in [6, 6.07) is 12.5. The fraction of sp³-hybridized carbons (Fsp3) is 0.278. The van der Waals surface area contributed by atoms with Gasteiger partial charge in [0.25, 0.3) is 5.92 Å². The summed E-state index contributed by atoms with van der Waals surface area (Å²) in [5, 5.41) is 0.256. The van der Waals surface area contributed by atoms with Crippen molar-refractivity contribution in [1.82, 2.24) is 0 Å². The molecule has 4 rings (SSSR count). The van der Waals surface area contributed by atoms with E-state index >= 15 is 0 Å². The second kappa shape index (κ2) is 5.45. The van der Waals surface area contributed by atoms with Crippen LogP contribution < -0.4 is 9.64 Å². The molecule has 0 spiro atoms. The molecular formula is C18H14ClF2NO2. The molecule has 1 heterocycles. The summed E-state index contributed by atoms with van der Waals surface area (Å²) in [4.78, 5) is 13.9. The Morgan fingerprint density at radius 3 is 2.62 bits per heavy atom. The number of anilines is 2. The van der Waals surface area contributed by atoms with Crippen LogP contribution in [0.2, 0.25) is 5.02 Å². The van der Waals surface area contributed by atoms with Crippen molar-refractivity contribution in [2.24, 2.45) is 5.92 Å².